The third-order valence-electron chi connectivity index (χ3n) is 2.68. The van der Waals surface area contributed by atoms with Crippen LogP contribution >= 0.6 is 0 Å². The van der Waals surface area contributed by atoms with E-state index in [-0.39, 0.29) is 0 Å². The Morgan fingerprint density at radius 1 is 1.24 bits per heavy atom. The number of nitrogens with two attached hydrogens (primary N) is 2. The molecular weight excluding hydrogens is 272 g/mol. The fraction of sp³-hybridized carbons (Fsp3) is 0.786. The van der Waals surface area contributed by atoms with Crippen LogP contribution in [0, 0.1) is 5.92 Å². The van der Waals surface area contributed by atoms with E-state index < -0.39 is 0 Å². The van der Waals surface area contributed by atoms with E-state index in [0.29, 0.717) is 51.8 Å². The smallest absolute Gasteiger partial charge is 0.207 e. The van der Waals surface area contributed by atoms with Crippen molar-refractivity contribution in [3.63, 3.8) is 0 Å². The second kappa shape index (κ2) is 13.7. The Kier molecular flexibility index (Phi) is 12.8. The summed E-state index contributed by atoms with van der Waals surface area (Å²) in [5.74, 6) is 6.43. The molecule has 5 N–H and O–H groups in total. The second-order valence-electron chi connectivity index (χ2n) is 5.17. The zero-order valence-electron chi connectivity index (χ0n) is 13.2. The standard InChI is InChI=1S/C14H30N4O3/c1-13(2)3-4-14(15)11-18(16)6-8-21-10-9-20-7-5-17-12-19/h11-13H,3-10,15-16H2,1-2H3,(H,17,19)/b14-11-. The van der Waals surface area contributed by atoms with Crippen molar-refractivity contribution in [1.82, 2.24) is 10.3 Å². The number of rotatable bonds is 14. The molecule has 7 heteroatoms. The van der Waals surface area contributed by atoms with Gasteiger partial charge in [0, 0.05) is 18.4 Å². The van der Waals surface area contributed by atoms with E-state index in [4.69, 9.17) is 21.1 Å². The lowest BCUT2D eigenvalue weighted by Crippen LogP contribution is -2.30. The Morgan fingerprint density at radius 2 is 1.90 bits per heavy atom. The molecule has 0 saturated carbocycles. The van der Waals surface area contributed by atoms with E-state index in [2.05, 4.69) is 19.2 Å². The minimum absolute atomic E-state index is 0.486. The molecule has 124 valence electrons. The van der Waals surface area contributed by atoms with Gasteiger partial charge in [-0.2, -0.15) is 0 Å². The van der Waals surface area contributed by atoms with E-state index >= 15 is 0 Å². The van der Waals surface area contributed by atoms with Gasteiger partial charge in [0.25, 0.3) is 0 Å². The van der Waals surface area contributed by atoms with E-state index in [1.54, 1.807) is 11.2 Å². The van der Waals surface area contributed by atoms with Gasteiger partial charge in [-0.15, -0.1) is 0 Å². The van der Waals surface area contributed by atoms with Crippen molar-refractivity contribution >= 4 is 6.41 Å². The Hall–Kier alpha value is -1.31. The van der Waals surface area contributed by atoms with Gasteiger partial charge in [0.15, 0.2) is 0 Å². The second-order valence-corrected chi connectivity index (χ2v) is 5.17. The van der Waals surface area contributed by atoms with Crippen LogP contribution in [0.15, 0.2) is 11.9 Å². The molecule has 0 aliphatic carbocycles. The molecule has 0 aliphatic rings. The van der Waals surface area contributed by atoms with Gasteiger partial charge >= 0.3 is 0 Å². The van der Waals surface area contributed by atoms with Crippen LogP contribution in [0.3, 0.4) is 0 Å². The molecule has 0 heterocycles. The number of hydrogen-bond acceptors (Lipinski definition) is 6. The van der Waals surface area contributed by atoms with E-state index in [0.717, 1.165) is 18.5 Å². The molecule has 0 unspecified atom stereocenters. The molecule has 0 aliphatic heterocycles. The van der Waals surface area contributed by atoms with Crippen molar-refractivity contribution in [2.45, 2.75) is 26.7 Å². The van der Waals surface area contributed by atoms with Gasteiger partial charge in [0.1, 0.15) is 0 Å². The quantitative estimate of drug-likeness (QED) is 0.183. The van der Waals surface area contributed by atoms with Gasteiger partial charge in [-0.3, -0.25) is 4.79 Å². The zero-order chi connectivity index (χ0) is 15.9. The Balaban J connectivity index is 3.46. The summed E-state index contributed by atoms with van der Waals surface area (Å²) in [5.41, 5.74) is 6.67. The molecular formula is C14H30N4O3. The fourth-order valence-corrected chi connectivity index (χ4v) is 1.48. The monoisotopic (exact) mass is 302 g/mol. The van der Waals surface area contributed by atoms with Gasteiger partial charge < -0.3 is 25.5 Å². The number of allylic oxidation sites excluding steroid dienone is 1. The van der Waals surface area contributed by atoms with E-state index in [1.807, 2.05) is 0 Å². The predicted molar refractivity (Wildman–Crippen MR) is 82.9 cm³/mol. The Morgan fingerprint density at radius 3 is 2.52 bits per heavy atom. The van der Waals surface area contributed by atoms with Crippen molar-refractivity contribution in [3.05, 3.63) is 11.9 Å². The largest absolute Gasteiger partial charge is 0.401 e. The summed E-state index contributed by atoms with van der Waals surface area (Å²) in [6.45, 7) is 7.42. The first-order valence-electron chi connectivity index (χ1n) is 7.36. The lowest BCUT2D eigenvalue weighted by molar-refractivity contribution is -0.109. The molecule has 21 heavy (non-hydrogen) atoms. The topological polar surface area (TPSA) is 103 Å². The third-order valence-corrected chi connectivity index (χ3v) is 2.68. The van der Waals surface area contributed by atoms with Crippen LogP contribution in [0.2, 0.25) is 0 Å². The third kappa shape index (κ3) is 14.9. The minimum atomic E-state index is 0.486. The van der Waals surface area contributed by atoms with Crippen molar-refractivity contribution < 1.29 is 14.3 Å². The normalized spacial score (nSPS) is 11.7. The number of hydrogen-bond donors (Lipinski definition) is 3. The van der Waals surface area contributed by atoms with Crippen LogP contribution in [-0.4, -0.2) is 50.9 Å². The average molecular weight is 302 g/mol. The van der Waals surface area contributed by atoms with Crippen LogP contribution < -0.4 is 16.9 Å². The highest BCUT2D eigenvalue weighted by Gasteiger charge is 1.99. The molecule has 0 saturated heterocycles. The summed E-state index contributed by atoms with van der Waals surface area (Å²) >= 11 is 0. The van der Waals surface area contributed by atoms with Gasteiger partial charge in [-0.25, -0.2) is 5.84 Å². The number of nitrogens with zero attached hydrogens (tertiary/aromatic N) is 1. The van der Waals surface area contributed by atoms with Crippen LogP contribution in [0.5, 0.6) is 0 Å². The molecule has 0 rings (SSSR count). The van der Waals surface area contributed by atoms with Crippen molar-refractivity contribution in [2.75, 3.05) is 39.5 Å². The van der Waals surface area contributed by atoms with Crippen LogP contribution in [0.25, 0.3) is 0 Å². The predicted octanol–water partition coefficient (Wildman–Crippen LogP) is 0.178. The lowest BCUT2D eigenvalue weighted by atomic mass is 10.1. The number of hydrazine groups is 1. The lowest BCUT2D eigenvalue weighted by Gasteiger charge is -2.15. The van der Waals surface area contributed by atoms with E-state index in [1.165, 1.54) is 0 Å². The number of ether oxygens (including phenoxy) is 2. The van der Waals surface area contributed by atoms with E-state index in [9.17, 15) is 4.79 Å². The van der Waals surface area contributed by atoms with Crippen LogP contribution in [0.4, 0.5) is 0 Å². The molecule has 1 amide bonds. The summed E-state index contributed by atoms with van der Waals surface area (Å²) in [6, 6.07) is 0. The zero-order valence-corrected chi connectivity index (χ0v) is 13.2. The highest BCUT2D eigenvalue weighted by atomic mass is 16.5. The van der Waals surface area contributed by atoms with Crippen molar-refractivity contribution in [3.8, 4) is 0 Å². The molecule has 7 nitrogen and oxygen atoms in total. The first kappa shape index (κ1) is 19.7. The number of amides is 1. The summed E-state index contributed by atoms with van der Waals surface area (Å²) in [4.78, 5) is 9.97. The maximum Gasteiger partial charge on any atom is 0.207 e. The first-order chi connectivity index (χ1) is 10.1. The molecule has 0 fully saturated rings. The Labute approximate surface area is 127 Å². The molecule has 0 atom stereocenters. The van der Waals surface area contributed by atoms with Crippen molar-refractivity contribution in [2.24, 2.45) is 17.5 Å². The maximum absolute atomic E-state index is 9.97. The van der Waals surface area contributed by atoms with Crippen molar-refractivity contribution in [1.29, 1.82) is 0 Å². The highest BCUT2D eigenvalue weighted by Crippen LogP contribution is 2.07. The maximum atomic E-state index is 9.97. The number of carbonyl (C=O) groups excluding carboxylic acids is 1. The SMILES string of the molecule is CC(C)CC/C(N)=C/N(N)CCOCCOCCNC=O. The van der Waals surface area contributed by atoms with Crippen LogP contribution in [-0.2, 0) is 14.3 Å². The van der Waals surface area contributed by atoms with Gasteiger partial charge in [0.05, 0.1) is 33.0 Å². The molecule has 0 radical (unpaired) electrons. The van der Waals surface area contributed by atoms with Gasteiger partial charge in [0.2, 0.25) is 6.41 Å². The first-order valence-corrected chi connectivity index (χ1v) is 7.36. The minimum Gasteiger partial charge on any atom is -0.401 e. The number of carbonyl (C=O) groups is 1. The number of nitrogens with one attached hydrogen (secondary N) is 1. The summed E-state index contributed by atoms with van der Waals surface area (Å²) in [5, 5.41) is 4.06. The summed E-state index contributed by atoms with van der Waals surface area (Å²) < 4.78 is 10.6. The fourth-order valence-electron chi connectivity index (χ4n) is 1.48. The van der Waals surface area contributed by atoms with Gasteiger partial charge in [-0.1, -0.05) is 13.8 Å². The molecule has 0 aromatic carbocycles. The summed E-state index contributed by atoms with van der Waals surface area (Å²) in [7, 11) is 0. The summed E-state index contributed by atoms with van der Waals surface area (Å²) in [6.07, 6.45) is 4.32. The Bertz CT molecular complexity index is 285. The molecule has 0 bridgehead atoms. The molecule has 0 aromatic rings. The highest BCUT2D eigenvalue weighted by molar-refractivity contribution is 5.45. The average Bonchev–Trinajstić information content (AvgIpc) is 2.43. The molecule has 0 spiro atoms. The van der Waals surface area contributed by atoms with Crippen LogP contribution in [0.1, 0.15) is 26.7 Å². The molecule has 0 aromatic heterocycles. The van der Waals surface area contributed by atoms with Gasteiger partial charge in [-0.05, 0) is 18.8 Å².